The van der Waals surface area contributed by atoms with Gasteiger partial charge in [0.1, 0.15) is 0 Å². The lowest BCUT2D eigenvalue weighted by atomic mass is 10.0. The quantitative estimate of drug-likeness (QED) is 0.602. The van der Waals surface area contributed by atoms with Crippen LogP contribution in [0.3, 0.4) is 0 Å². The molecule has 0 radical (unpaired) electrons. The van der Waals surface area contributed by atoms with Gasteiger partial charge in [0, 0.05) is 24.1 Å². The standard InChI is InChI=1S/C13H25NO3S/c1-4-13(5-2,18-3)10-14-11(15)8-6-7-9-12(16)17/h4-10H2,1-3H3,(H,14,15)(H,16,17). The summed E-state index contributed by atoms with van der Waals surface area (Å²) in [6.45, 7) is 4.97. The average Bonchev–Trinajstić information content (AvgIpc) is 2.37. The molecule has 0 aliphatic carbocycles. The molecule has 0 spiro atoms. The van der Waals surface area contributed by atoms with Gasteiger partial charge in [-0.2, -0.15) is 11.8 Å². The van der Waals surface area contributed by atoms with Crippen LogP contribution in [-0.2, 0) is 9.59 Å². The van der Waals surface area contributed by atoms with Crippen LogP contribution in [0.15, 0.2) is 0 Å². The van der Waals surface area contributed by atoms with Crippen LogP contribution in [0.5, 0.6) is 0 Å². The van der Waals surface area contributed by atoms with Gasteiger partial charge in [-0.05, 0) is 31.9 Å². The number of rotatable bonds is 10. The number of thioether (sulfide) groups is 1. The van der Waals surface area contributed by atoms with Gasteiger partial charge < -0.3 is 10.4 Å². The van der Waals surface area contributed by atoms with Crippen LogP contribution in [-0.4, -0.2) is 34.5 Å². The van der Waals surface area contributed by atoms with E-state index in [1.807, 2.05) is 0 Å². The maximum Gasteiger partial charge on any atom is 0.303 e. The summed E-state index contributed by atoms with van der Waals surface area (Å²) in [6.07, 6.45) is 5.91. The van der Waals surface area contributed by atoms with Crippen LogP contribution in [0.1, 0.15) is 52.4 Å². The molecule has 0 aliphatic rings. The molecule has 0 bridgehead atoms. The summed E-state index contributed by atoms with van der Waals surface area (Å²) in [4.78, 5) is 21.9. The highest BCUT2D eigenvalue weighted by molar-refractivity contribution is 8.00. The van der Waals surface area contributed by atoms with Crippen molar-refractivity contribution in [1.82, 2.24) is 5.32 Å². The summed E-state index contributed by atoms with van der Waals surface area (Å²) in [6, 6.07) is 0. The van der Waals surface area contributed by atoms with Gasteiger partial charge in [0.05, 0.1) is 0 Å². The molecule has 4 nitrogen and oxygen atoms in total. The Morgan fingerprint density at radius 2 is 1.72 bits per heavy atom. The molecule has 5 heteroatoms. The van der Waals surface area contributed by atoms with E-state index in [9.17, 15) is 9.59 Å². The van der Waals surface area contributed by atoms with Crippen LogP contribution in [0.25, 0.3) is 0 Å². The van der Waals surface area contributed by atoms with E-state index >= 15 is 0 Å². The first-order valence-corrected chi connectivity index (χ1v) is 7.75. The second-order valence-corrected chi connectivity index (χ2v) is 5.75. The van der Waals surface area contributed by atoms with E-state index in [1.165, 1.54) is 0 Å². The Morgan fingerprint density at radius 3 is 2.17 bits per heavy atom. The fourth-order valence-electron chi connectivity index (χ4n) is 1.77. The molecule has 0 atom stereocenters. The van der Waals surface area contributed by atoms with Gasteiger partial charge in [0.2, 0.25) is 5.91 Å². The van der Waals surface area contributed by atoms with E-state index < -0.39 is 5.97 Å². The zero-order valence-corrected chi connectivity index (χ0v) is 12.4. The summed E-state index contributed by atoms with van der Waals surface area (Å²) >= 11 is 1.80. The molecule has 0 heterocycles. The minimum Gasteiger partial charge on any atom is -0.481 e. The van der Waals surface area contributed by atoms with E-state index in [0.717, 1.165) is 12.8 Å². The van der Waals surface area contributed by atoms with Crippen LogP contribution in [0.2, 0.25) is 0 Å². The zero-order valence-electron chi connectivity index (χ0n) is 11.6. The number of carbonyl (C=O) groups is 2. The van der Waals surface area contributed by atoms with Crippen molar-refractivity contribution in [1.29, 1.82) is 0 Å². The van der Waals surface area contributed by atoms with Gasteiger partial charge in [-0.3, -0.25) is 9.59 Å². The molecule has 1 amide bonds. The molecule has 0 aromatic carbocycles. The van der Waals surface area contributed by atoms with Crippen molar-refractivity contribution in [2.45, 2.75) is 57.1 Å². The van der Waals surface area contributed by atoms with Crippen molar-refractivity contribution in [3.63, 3.8) is 0 Å². The monoisotopic (exact) mass is 275 g/mol. The van der Waals surface area contributed by atoms with E-state index in [0.29, 0.717) is 25.8 Å². The van der Waals surface area contributed by atoms with Gasteiger partial charge in [-0.15, -0.1) is 0 Å². The lowest BCUT2D eigenvalue weighted by Crippen LogP contribution is -2.39. The molecule has 2 N–H and O–H groups in total. The fraction of sp³-hybridized carbons (Fsp3) is 0.846. The van der Waals surface area contributed by atoms with E-state index in [2.05, 4.69) is 25.4 Å². The minimum absolute atomic E-state index is 0.0284. The highest BCUT2D eigenvalue weighted by Gasteiger charge is 2.25. The number of carboxylic acids is 1. The van der Waals surface area contributed by atoms with Crippen molar-refractivity contribution >= 4 is 23.6 Å². The molecule has 0 aromatic rings. The molecule has 0 aliphatic heterocycles. The lowest BCUT2D eigenvalue weighted by Gasteiger charge is -2.29. The second-order valence-electron chi connectivity index (χ2n) is 4.47. The number of carboxylic acid groups (broad SMARTS) is 1. The molecule has 0 aromatic heterocycles. The molecular formula is C13H25NO3S. The SMILES string of the molecule is CCC(CC)(CNC(=O)CCCCC(=O)O)SC. The first-order valence-electron chi connectivity index (χ1n) is 6.53. The van der Waals surface area contributed by atoms with Gasteiger partial charge in [0.15, 0.2) is 0 Å². The number of aliphatic carboxylic acids is 1. The number of nitrogens with one attached hydrogen (secondary N) is 1. The molecule has 0 saturated carbocycles. The van der Waals surface area contributed by atoms with Gasteiger partial charge >= 0.3 is 5.97 Å². The Kier molecular flexibility index (Phi) is 8.89. The number of carbonyl (C=O) groups excluding carboxylic acids is 1. The topological polar surface area (TPSA) is 66.4 Å². The normalized spacial score (nSPS) is 11.3. The van der Waals surface area contributed by atoms with Gasteiger partial charge in [-0.1, -0.05) is 13.8 Å². The molecule has 106 valence electrons. The van der Waals surface area contributed by atoms with E-state index in [4.69, 9.17) is 5.11 Å². The third kappa shape index (κ3) is 6.89. The highest BCUT2D eigenvalue weighted by atomic mass is 32.2. The largest absolute Gasteiger partial charge is 0.481 e. The summed E-state index contributed by atoms with van der Waals surface area (Å²) in [5.41, 5.74) is 0. The number of unbranched alkanes of at least 4 members (excludes halogenated alkanes) is 1. The molecule has 0 saturated heterocycles. The minimum atomic E-state index is -0.797. The van der Waals surface area contributed by atoms with Gasteiger partial charge in [0.25, 0.3) is 0 Å². The summed E-state index contributed by atoms with van der Waals surface area (Å²) in [7, 11) is 0. The maximum atomic E-state index is 11.6. The Hall–Kier alpha value is -0.710. The first kappa shape index (κ1) is 17.3. The van der Waals surface area contributed by atoms with E-state index in [1.54, 1.807) is 11.8 Å². The summed E-state index contributed by atoms with van der Waals surface area (Å²) in [5.74, 6) is -0.769. The van der Waals surface area contributed by atoms with Crippen molar-refractivity contribution < 1.29 is 14.7 Å². The first-order chi connectivity index (χ1) is 8.49. The van der Waals surface area contributed by atoms with Crippen molar-refractivity contribution in [2.24, 2.45) is 0 Å². The van der Waals surface area contributed by atoms with Crippen LogP contribution >= 0.6 is 11.8 Å². The number of hydrogen-bond donors (Lipinski definition) is 2. The maximum absolute atomic E-state index is 11.6. The Bertz CT molecular complexity index is 257. The van der Waals surface area contributed by atoms with Crippen molar-refractivity contribution in [3.05, 3.63) is 0 Å². The molecule has 0 fully saturated rings. The van der Waals surface area contributed by atoms with Crippen LogP contribution in [0, 0.1) is 0 Å². The van der Waals surface area contributed by atoms with E-state index in [-0.39, 0.29) is 17.1 Å². The van der Waals surface area contributed by atoms with Crippen LogP contribution in [0.4, 0.5) is 0 Å². The number of hydrogen-bond acceptors (Lipinski definition) is 3. The Balaban J connectivity index is 3.84. The fourth-order valence-corrected chi connectivity index (χ4v) is 2.56. The Morgan fingerprint density at radius 1 is 1.17 bits per heavy atom. The molecule has 0 rings (SSSR count). The molecular weight excluding hydrogens is 250 g/mol. The van der Waals surface area contributed by atoms with Crippen LogP contribution < -0.4 is 5.32 Å². The Labute approximate surface area is 114 Å². The van der Waals surface area contributed by atoms with Gasteiger partial charge in [-0.25, -0.2) is 0 Å². The predicted octanol–water partition coefficient (Wildman–Crippen LogP) is 2.67. The summed E-state index contributed by atoms with van der Waals surface area (Å²) in [5, 5.41) is 11.4. The highest BCUT2D eigenvalue weighted by Crippen LogP contribution is 2.29. The average molecular weight is 275 g/mol. The predicted molar refractivity (Wildman–Crippen MR) is 75.9 cm³/mol. The molecule has 0 unspecified atom stereocenters. The molecule has 18 heavy (non-hydrogen) atoms. The smallest absolute Gasteiger partial charge is 0.303 e. The zero-order chi connectivity index (χ0) is 14.0. The van der Waals surface area contributed by atoms with Crippen molar-refractivity contribution in [2.75, 3.05) is 12.8 Å². The third-order valence-electron chi connectivity index (χ3n) is 3.37. The van der Waals surface area contributed by atoms with Crippen molar-refractivity contribution in [3.8, 4) is 0 Å². The lowest BCUT2D eigenvalue weighted by molar-refractivity contribution is -0.137. The summed E-state index contributed by atoms with van der Waals surface area (Å²) < 4.78 is 0.136. The second kappa shape index (κ2) is 9.25. The number of amides is 1. The third-order valence-corrected chi connectivity index (χ3v) is 4.96.